The van der Waals surface area contributed by atoms with Crippen molar-refractivity contribution in [3.63, 3.8) is 0 Å². The average molecular weight is 329 g/mol. The van der Waals surface area contributed by atoms with Crippen LogP contribution < -0.4 is 9.64 Å². The number of carbonyl (C=O) groups excluding carboxylic acids is 1. The van der Waals surface area contributed by atoms with Gasteiger partial charge in [0.1, 0.15) is 18.2 Å². The fourth-order valence-electron chi connectivity index (χ4n) is 3.32. The Labute approximate surface area is 140 Å². The zero-order chi connectivity index (χ0) is 16.8. The predicted molar refractivity (Wildman–Crippen MR) is 88.0 cm³/mol. The Morgan fingerprint density at radius 3 is 2.92 bits per heavy atom. The largest absolute Gasteiger partial charge is 0.490 e. The fourth-order valence-corrected chi connectivity index (χ4v) is 3.32. The number of halogens is 1. The smallest absolute Gasteiger partial charge is 0.279 e. The lowest BCUT2D eigenvalue weighted by molar-refractivity contribution is 0.0970. The lowest BCUT2D eigenvalue weighted by atomic mass is 10.2. The van der Waals surface area contributed by atoms with Crippen LogP contribution in [-0.4, -0.2) is 28.8 Å². The van der Waals surface area contributed by atoms with Gasteiger partial charge in [-0.25, -0.2) is 4.39 Å². The highest BCUT2D eigenvalue weighted by atomic mass is 19.1. The Bertz CT molecular complexity index is 798. The third-order valence-electron chi connectivity index (χ3n) is 4.86. The minimum Gasteiger partial charge on any atom is -0.490 e. The standard InChI is InChI=1S/C18H20FN3O2/c1-11-9-15(20-22(11)12(2)13-3-4-13)18(23)21-7-8-24-17-6-5-14(19)10-16(17)21/h5-6,9-10,12-13H,3-4,7-8H2,1-2H3/t12-/m1/s1. The number of hydrogen-bond donors (Lipinski definition) is 0. The van der Waals surface area contributed by atoms with E-state index in [9.17, 15) is 9.18 Å². The molecule has 0 saturated heterocycles. The molecule has 2 heterocycles. The van der Waals surface area contributed by atoms with Gasteiger partial charge in [-0.2, -0.15) is 5.10 Å². The number of amides is 1. The zero-order valence-corrected chi connectivity index (χ0v) is 13.8. The van der Waals surface area contributed by atoms with Crippen LogP contribution in [-0.2, 0) is 0 Å². The van der Waals surface area contributed by atoms with Gasteiger partial charge in [0, 0.05) is 11.8 Å². The molecule has 0 radical (unpaired) electrons. The SMILES string of the molecule is Cc1cc(C(=O)N2CCOc3ccc(F)cc32)nn1[C@H](C)C1CC1. The fraction of sp³-hybridized carbons (Fsp3) is 0.444. The van der Waals surface area contributed by atoms with Gasteiger partial charge in [-0.05, 0) is 50.8 Å². The van der Waals surface area contributed by atoms with E-state index in [0.717, 1.165) is 5.69 Å². The Hall–Kier alpha value is -2.37. The summed E-state index contributed by atoms with van der Waals surface area (Å²) in [6, 6.07) is 6.35. The third-order valence-corrected chi connectivity index (χ3v) is 4.86. The average Bonchev–Trinajstić information content (AvgIpc) is 3.35. The quantitative estimate of drug-likeness (QED) is 0.868. The summed E-state index contributed by atoms with van der Waals surface area (Å²) in [4.78, 5) is 14.5. The summed E-state index contributed by atoms with van der Waals surface area (Å²) in [7, 11) is 0. The van der Waals surface area contributed by atoms with Crippen LogP contribution in [0.2, 0.25) is 0 Å². The molecule has 24 heavy (non-hydrogen) atoms. The lowest BCUT2D eigenvalue weighted by Crippen LogP contribution is -2.38. The van der Waals surface area contributed by atoms with E-state index in [1.54, 1.807) is 11.0 Å². The summed E-state index contributed by atoms with van der Waals surface area (Å²) in [5.41, 5.74) is 1.84. The molecule has 0 bridgehead atoms. The van der Waals surface area contributed by atoms with E-state index in [2.05, 4.69) is 12.0 Å². The second kappa shape index (κ2) is 5.61. The number of rotatable bonds is 3. The third kappa shape index (κ3) is 2.56. The van der Waals surface area contributed by atoms with Gasteiger partial charge in [-0.1, -0.05) is 0 Å². The highest BCUT2D eigenvalue weighted by molar-refractivity contribution is 6.06. The van der Waals surface area contributed by atoms with Crippen molar-refractivity contribution in [2.45, 2.75) is 32.7 Å². The molecule has 4 rings (SSSR count). The van der Waals surface area contributed by atoms with Crippen molar-refractivity contribution in [2.75, 3.05) is 18.1 Å². The number of fused-ring (bicyclic) bond motifs is 1. The van der Waals surface area contributed by atoms with E-state index < -0.39 is 0 Å². The molecular weight excluding hydrogens is 309 g/mol. The first-order valence-electron chi connectivity index (χ1n) is 8.35. The second-order valence-corrected chi connectivity index (χ2v) is 6.61. The van der Waals surface area contributed by atoms with Crippen LogP contribution in [0.3, 0.4) is 0 Å². The monoisotopic (exact) mass is 329 g/mol. The zero-order valence-electron chi connectivity index (χ0n) is 13.8. The molecule has 1 aromatic carbocycles. The minimum absolute atomic E-state index is 0.213. The van der Waals surface area contributed by atoms with Crippen molar-refractivity contribution in [1.29, 1.82) is 0 Å². The van der Waals surface area contributed by atoms with Gasteiger partial charge in [0.25, 0.3) is 5.91 Å². The molecule has 1 aromatic heterocycles. The molecule has 6 heteroatoms. The maximum absolute atomic E-state index is 13.6. The van der Waals surface area contributed by atoms with E-state index in [1.807, 2.05) is 17.7 Å². The number of carbonyl (C=O) groups is 1. The summed E-state index contributed by atoms with van der Waals surface area (Å²) in [5, 5.41) is 4.53. The summed E-state index contributed by atoms with van der Waals surface area (Å²) in [6.45, 7) is 4.89. The minimum atomic E-state index is -0.388. The molecule has 0 unspecified atom stereocenters. The first kappa shape index (κ1) is 15.2. The summed E-state index contributed by atoms with van der Waals surface area (Å²) < 4.78 is 21.0. The molecule has 1 amide bonds. The molecule has 126 valence electrons. The number of ether oxygens (including phenoxy) is 1. The predicted octanol–water partition coefficient (Wildman–Crippen LogP) is 3.34. The van der Waals surface area contributed by atoms with Crippen molar-refractivity contribution >= 4 is 11.6 Å². The van der Waals surface area contributed by atoms with Crippen molar-refractivity contribution in [1.82, 2.24) is 9.78 Å². The van der Waals surface area contributed by atoms with Crippen molar-refractivity contribution in [2.24, 2.45) is 5.92 Å². The first-order chi connectivity index (χ1) is 11.5. The lowest BCUT2D eigenvalue weighted by Gasteiger charge is -2.29. The molecule has 5 nitrogen and oxygen atoms in total. The van der Waals surface area contributed by atoms with Crippen molar-refractivity contribution in [3.05, 3.63) is 41.5 Å². The highest BCUT2D eigenvalue weighted by Crippen LogP contribution is 2.40. The van der Waals surface area contributed by atoms with Crippen LogP contribution in [0.1, 0.15) is 42.0 Å². The first-order valence-corrected chi connectivity index (χ1v) is 8.35. The van der Waals surface area contributed by atoms with Gasteiger partial charge in [0.15, 0.2) is 5.69 Å². The molecule has 1 atom stereocenters. The number of anilines is 1. The molecule has 1 aliphatic heterocycles. The Balaban J connectivity index is 1.65. The topological polar surface area (TPSA) is 47.4 Å². The van der Waals surface area contributed by atoms with E-state index in [4.69, 9.17) is 4.74 Å². The van der Waals surface area contributed by atoms with Crippen LogP contribution in [0.5, 0.6) is 5.75 Å². The number of aryl methyl sites for hydroxylation is 1. The number of nitrogens with zero attached hydrogens (tertiary/aromatic N) is 3. The summed E-state index contributed by atoms with van der Waals surface area (Å²) in [6.07, 6.45) is 2.44. The van der Waals surface area contributed by atoms with E-state index in [-0.39, 0.29) is 11.7 Å². The summed E-state index contributed by atoms with van der Waals surface area (Å²) in [5.74, 6) is 0.583. The number of hydrogen-bond acceptors (Lipinski definition) is 3. The maximum Gasteiger partial charge on any atom is 0.279 e. The van der Waals surface area contributed by atoms with E-state index in [1.165, 1.54) is 25.0 Å². The van der Waals surface area contributed by atoms with Crippen LogP contribution >= 0.6 is 0 Å². The van der Waals surface area contributed by atoms with Crippen LogP contribution in [0.4, 0.5) is 10.1 Å². The molecule has 1 fully saturated rings. The van der Waals surface area contributed by atoms with Gasteiger partial charge in [-0.15, -0.1) is 0 Å². The molecule has 1 saturated carbocycles. The van der Waals surface area contributed by atoms with Gasteiger partial charge < -0.3 is 4.74 Å². The molecule has 1 aliphatic carbocycles. The van der Waals surface area contributed by atoms with Crippen LogP contribution in [0.15, 0.2) is 24.3 Å². The van der Waals surface area contributed by atoms with Gasteiger partial charge in [0.05, 0.1) is 18.3 Å². The molecule has 2 aromatic rings. The van der Waals surface area contributed by atoms with Crippen LogP contribution in [0.25, 0.3) is 0 Å². The van der Waals surface area contributed by atoms with E-state index >= 15 is 0 Å². The van der Waals surface area contributed by atoms with Crippen molar-refractivity contribution in [3.8, 4) is 5.75 Å². The Morgan fingerprint density at radius 1 is 1.38 bits per heavy atom. The molecule has 0 N–H and O–H groups in total. The highest BCUT2D eigenvalue weighted by Gasteiger charge is 2.32. The molecule has 0 spiro atoms. The maximum atomic E-state index is 13.6. The van der Waals surface area contributed by atoms with E-state index in [0.29, 0.717) is 42.2 Å². The summed E-state index contributed by atoms with van der Waals surface area (Å²) >= 11 is 0. The normalized spacial score (nSPS) is 18.0. The van der Waals surface area contributed by atoms with Gasteiger partial charge in [0.2, 0.25) is 0 Å². The number of benzene rings is 1. The Morgan fingerprint density at radius 2 is 2.17 bits per heavy atom. The van der Waals surface area contributed by atoms with Crippen LogP contribution in [0, 0.1) is 18.7 Å². The second-order valence-electron chi connectivity index (χ2n) is 6.61. The number of aromatic nitrogens is 2. The Kier molecular flexibility index (Phi) is 3.55. The van der Waals surface area contributed by atoms with Gasteiger partial charge in [-0.3, -0.25) is 14.4 Å². The molecule has 2 aliphatic rings. The van der Waals surface area contributed by atoms with Gasteiger partial charge >= 0.3 is 0 Å². The van der Waals surface area contributed by atoms with Crippen molar-refractivity contribution < 1.29 is 13.9 Å². The molecular formula is C18H20FN3O2.